The summed E-state index contributed by atoms with van der Waals surface area (Å²) in [7, 11) is 0. The van der Waals surface area contributed by atoms with Crippen LogP contribution >= 0.6 is 0 Å². The second-order valence-electron chi connectivity index (χ2n) is 20.5. The summed E-state index contributed by atoms with van der Waals surface area (Å²) in [6.45, 7) is 14.9. The molecule has 0 saturated heterocycles. The van der Waals surface area contributed by atoms with Crippen LogP contribution in [0, 0.1) is 19.8 Å². The van der Waals surface area contributed by atoms with E-state index >= 15 is 0 Å². The molecule has 11 aromatic rings. The summed E-state index contributed by atoms with van der Waals surface area (Å²) in [6, 6.07) is 79.2. The van der Waals surface area contributed by atoms with Crippen LogP contribution in [0.5, 0.6) is 0 Å². The van der Waals surface area contributed by atoms with Crippen molar-refractivity contribution in [2.45, 2.75) is 66.2 Å². The number of fused-ring (bicyclic) bond motifs is 16. The lowest BCUT2D eigenvalue weighted by Crippen LogP contribution is -2.25. The summed E-state index contributed by atoms with van der Waals surface area (Å²) >= 11 is 0. The lowest BCUT2D eigenvalue weighted by molar-refractivity contribution is 0.668. The summed E-state index contributed by atoms with van der Waals surface area (Å²) in [5.74, 6) is 0.0906. The van der Waals surface area contributed by atoms with Gasteiger partial charge in [0.2, 0.25) is 0 Å². The van der Waals surface area contributed by atoms with E-state index in [9.17, 15) is 0 Å². The van der Waals surface area contributed by atoms with Crippen LogP contribution in [-0.2, 0) is 11.8 Å². The Morgan fingerprint density at radius 1 is 0.434 bits per heavy atom. The summed E-state index contributed by atoms with van der Waals surface area (Å²) in [4.78, 5) is 5.80. The highest BCUT2D eigenvalue weighted by Gasteiger charge is 2.51. The Morgan fingerprint density at radius 3 is 1.70 bits per heavy atom. The Kier molecular flexibility index (Phi) is 11.6. The predicted molar refractivity (Wildman–Crippen MR) is 321 cm³/mol. The number of hydrogen-bond donors (Lipinski definition) is 0. The molecule has 0 saturated carbocycles. The number of furan rings is 1. The summed E-state index contributed by atoms with van der Waals surface area (Å²) in [6.07, 6.45) is 3.38. The van der Waals surface area contributed by atoms with Gasteiger partial charge in [0.1, 0.15) is 11.2 Å². The Labute approximate surface area is 447 Å². The van der Waals surface area contributed by atoms with Gasteiger partial charge in [-0.3, -0.25) is 4.99 Å². The molecule has 0 fully saturated rings. The van der Waals surface area contributed by atoms with Crippen LogP contribution in [0.3, 0.4) is 0 Å². The van der Waals surface area contributed by atoms with Gasteiger partial charge in [-0.1, -0.05) is 223 Å². The highest BCUT2D eigenvalue weighted by molar-refractivity contribution is 6.15. The minimum atomic E-state index is -0.357. The van der Waals surface area contributed by atoms with Crippen molar-refractivity contribution in [1.29, 1.82) is 0 Å². The molecular formula is C74H61NO. The Morgan fingerprint density at radius 2 is 0.974 bits per heavy atom. The van der Waals surface area contributed by atoms with E-state index in [1.807, 2.05) is 27.7 Å². The molecule has 368 valence electrons. The largest absolute Gasteiger partial charge is 0.456 e. The molecule has 76 heavy (non-hydrogen) atoms. The molecular weight excluding hydrogens is 919 g/mol. The number of aryl methyl sites for hydroxylation is 2. The quantitative estimate of drug-likeness (QED) is 0.169. The summed E-state index contributed by atoms with van der Waals surface area (Å²) in [5.41, 5.74) is 30.9. The van der Waals surface area contributed by atoms with Gasteiger partial charge < -0.3 is 4.42 Å². The fourth-order valence-electron chi connectivity index (χ4n) is 13.6. The van der Waals surface area contributed by atoms with Crippen LogP contribution in [0.1, 0.15) is 102 Å². The van der Waals surface area contributed by atoms with Crippen LogP contribution in [0.25, 0.3) is 83.3 Å². The molecule has 2 heterocycles. The molecule has 0 amide bonds. The normalized spacial score (nSPS) is 15.8. The number of aliphatic imine (C=N–C) groups is 1. The molecule has 2 atom stereocenters. The van der Waals surface area contributed by atoms with Gasteiger partial charge in [-0.15, -0.1) is 0 Å². The highest BCUT2D eigenvalue weighted by atomic mass is 16.3. The van der Waals surface area contributed by atoms with Gasteiger partial charge in [-0.2, -0.15) is 0 Å². The van der Waals surface area contributed by atoms with Crippen molar-refractivity contribution in [3.63, 3.8) is 0 Å². The van der Waals surface area contributed by atoms with Crippen LogP contribution < -0.4 is 0 Å². The molecule has 0 radical (unpaired) electrons. The number of allylic oxidation sites excluding steroid dienone is 1. The van der Waals surface area contributed by atoms with Crippen LogP contribution in [-0.4, -0.2) is 5.71 Å². The van der Waals surface area contributed by atoms with Gasteiger partial charge in [-0.05, 0) is 156 Å². The maximum Gasteiger partial charge on any atom is 0.136 e. The second-order valence-corrected chi connectivity index (χ2v) is 20.5. The van der Waals surface area contributed by atoms with E-state index < -0.39 is 0 Å². The van der Waals surface area contributed by atoms with Crippen LogP contribution in [0.2, 0.25) is 0 Å². The topological polar surface area (TPSA) is 25.5 Å². The van der Waals surface area contributed by atoms with Gasteiger partial charge in [0.25, 0.3) is 0 Å². The third-order valence-electron chi connectivity index (χ3n) is 16.8. The molecule has 0 N–H and O–H groups in total. The summed E-state index contributed by atoms with van der Waals surface area (Å²) < 4.78 is 6.50. The number of benzene rings is 10. The maximum absolute atomic E-state index is 6.50. The smallest absolute Gasteiger partial charge is 0.136 e. The molecule has 10 aromatic carbocycles. The third-order valence-corrected chi connectivity index (χ3v) is 16.8. The average molecular weight is 980 g/mol. The highest BCUT2D eigenvalue weighted by Crippen LogP contribution is 2.63. The molecule has 3 aliphatic carbocycles. The second kappa shape index (κ2) is 18.7. The van der Waals surface area contributed by atoms with Crippen LogP contribution in [0.4, 0.5) is 0 Å². The van der Waals surface area contributed by atoms with E-state index in [2.05, 4.69) is 239 Å². The molecule has 4 aliphatic rings. The van der Waals surface area contributed by atoms with E-state index in [0.29, 0.717) is 0 Å². The molecule has 1 aromatic heterocycles. The molecule has 2 nitrogen and oxygen atoms in total. The molecule has 0 bridgehead atoms. The molecule has 2 heteroatoms. The van der Waals surface area contributed by atoms with Crippen molar-refractivity contribution >= 4 is 33.3 Å². The first-order chi connectivity index (χ1) is 37.5. The third kappa shape index (κ3) is 6.89. The molecule has 1 aliphatic heterocycles. The van der Waals surface area contributed by atoms with Crippen molar-refractivity contribution < 1.29 is 4.42 Å². The van der Waals surface area contributed by atoms with E-state index in [1.54, 1.807) is 0 Å². The van der Waals surface area contributed by atoms with Crippen LogP contribution in [0.15, 0.2) is 228 Å². The number of para-hydroxylation sites is 1. The fourth-order valence-corrected chi connectivity index (χ4v) is 13.6. The zero-order valence-electron chi connectivity index (χ0n) is 44.5. The number of hydrogen-bond acceptors (Lipinski definition) is 2. The van der Waals surface area contributed by atoms with Crippen molar-refractivity contribution in [2.24, 2.45) is 10.9 Å². The maximum atomic E-state index is 6.50. The number of nitrogens with zero attached hydrogens (tertiary/aromatic N) is 1. The predicted octanol–water partition coefficient (Wildman–Crippen LogP) is 19.8. The van der Waals surface area contributed by atoms with Gasteiger partial charge in [0, 0.05) is 33.7 Å². The standard InChI is InChI=1S/C70H49NO.2C2H6/c1-41-17-4-5-20-48(41)66-42(2)18-14-27-55(66)69-43(3)56(40-63(71-69)53-26-16-32-65-68(53)54-24-9-13-31-64(54)72-65)52-25-15-19-47-37-46-34-33-44(38-57(46)67(47)52)45-35-36-62-58(39-45)51-23-8-12-30-61(51)70(62)59-28-10-6-21-49(59)50-22-7-11-29-60(50)70;2*1-2/h4-36,38-40,43,56H,37H2,1-3H3;2*1-2H3. The Bertz CT molecular complexity index is 4150. The first-order valence-corrected chi connectivity index (χ1v) is 27.5. The molecule has 1 spiro atoms. The zero-order chi connectivity index (χ0) is 51.8. The van der Waals surface area contributed by atoms with E-state index in [-0.39, 0.29) is 17.3 Å². The van der Waals surface area contributed by atoms with E-state index in [4.69, 9.17) is 9.41 Å². The minimum absolute atomic E-state index is 0.0283. The fraction of sp³-hybridized carbons (Fsp3) is 0.149. The molecule has 2 unspecified atom stereocenters. The van der Waals surface area contributed by atoms with Crippen molar-refractivity contribution in [1.82, 2.24) is 0 Å². The van der Waals surface area contributed by atoms with Crippen molar-refractivity contribution in [3.05, 3.63) is 280 Å². The van der Waals surface area contributed by atoms with Gasteiger partial charge in [-0.25, -0.2) is 0 Å². The summed E-state index contributed by atoms with van der Waals surface area (Å²) in [5, 5.41) is 2.22. The minimum Gasteiger partial charge on any atom is -0.456 e. The average Bonchev–Trinajstić information content (AvgIpc) is 4.41. The Balaban J connectivity index is 0.00000135. The lowest BCUT2D eigenvalue weighted by atomic mass is 9.70. The van der Waals surface area contributed by atoms with Gasteiger partial charge >= 0.3 is 0 Å². The zero-order valence-corrected chi connectivity index (χ0v) is 44.5. The van der Waals surface area contributed by atoms with Crippen molar-refractivity contribution in [3.8, 4) is 55.6 Å². The number of rotatable bonds is 5. The Hall–Kier alpha value is -8.59. The first-order valence-electron chi connectivity index (χ1n) is 27.5. The lowest BCUT2D eigenvalue weighted by Gasteiger charge is -2.31. The van der Waals surface area contributed by atoms with Gasteiger partial charge in [0.15, 0.2) is 0 Å². The SMILES string of the molecule is CC.CC.Cc1ccccc1-c1c(C)cccc1C1=NC(c2cccc3oc4ccccc4c23)=CC(c2cccc3c2-c2cc(-c4ccc5c(c4)-c4ccccc4C54c5ccccc5-c5ccccc54)ccc2C3)C1C. The monoisotopic (exact) mass is 979 g/mol. The first kappa shape index (κ1) is 47.1. The van der Waals surface area contributed by atoms with Gasteiger partial charge in [0.05, 0.1) is 16.8 Å². The van der Waals surface area contributed by atoms with E-state index in [1.165, 1.54) is 111 Å². The van der Waals surface area contributed by atoms with Crippen molar-refractivity contribution in [2.75, 3.05) is 0 Å². The molecule has 15 rings (SSSR count). The van der Waals surface area contributed by atoms with E-state index in [0.717, 1.165) is 45.3 Å².